The molecule has 3 aliphatic rings. The average Bonchev–Trinajstić information content (AvgIpc) is 2.60. The van der Waals surface area contributed by atoms with Crippen molar-refractivity contribution in [3.63, 3.8) is 0 Å². The second kappa shape index (κ2) is 7.39. The van der Waals surface area contributed by atoms with Gasteiger partial charge in [-0.05, 0) is 12.1 Å². The number of rotatable bonds is 0. The summed E-state index contributed by atoms with van der Waals surface area (Å²) in [4.78, 5) is 15.9. The molecule has 0 radical (unpaired) electrons. The van der Waals surface area contributed by atoms with Crippen LogP contribution in [0.1, 0.15) is 0 Å². The minimum absolute atomic E-state index is 0.352. The van der Waals surface area contributed by atoms with E-state index in [4.69, 9.17) is 4.74 Å². The molecular formula is C16H19N7O2. The minimum atomic E-state index is -0.378. The zero-order valence-corrected chi connectivity index (χ0v) is 13.7. The van der Waals surface area contributed by atoms with Crippen molar-refractivity contribution in [2.75, 3.05) is 25.5 Å². The van der Waals surface area contributed by atoms with Gasteiger partial charge in [0.1, 0.15) is 30.3 Å². The molecule has 0 spiro atoms. The number of fused-ring (bicyclic) bond motifs is 8. The van der Waals surface area contributed by atoms with Crippen LogP contribution in [0.2, 0.25) is 0 Å². The summed E-state index contributed by atoms with van der Waals surface area (Å²) in [5.74, 6) is 2.45. The lowest BCUT2D eigenvalue weighted by atomic mass is 10.3. The maximum atomic E-state index is 11.7. The summed E-state index contributed by atoms with van der Waals surface area (Å²) in [5, 5.41) is 17.2. The number of ether oxygens (including phenoxy) is 1. The Bertz CT molecular complexity index is 770. The Morgan fingerprint density at radius 2 is 2.24 bits per heavy atom. The van der Waals surface area contributed by atoms with Gasteiger partial charge in [0, 0.05) is 24.9 Å². The van der Waals surface area contributed by atoms with Gasteiger partial charge in [0.25, 0.3) is 0 Å². The number of carbonyl (C=O) groups is 1. The maximum absolute atomic E-state index is 11.7. The first-order chi connectivity index (χ1) is 12.2. The highest BCUT2D eigenvalue weighted by Gasteiger charge is 2.19. The van der Waals surface area contributed by atoms with Crippen LogP contribution in [0.5, 0.6) is 5.75 Å². The molecule has 0 fully saturated rings. The van der Waals surface area contributed by atoms with Gasteiger partial charge in [-0.3, -0.25) is 10.3 Å². The van der Waals surface area contributed by atoms with E-state index in [1.165, 1.54) is 11.3 Å². The number of aliphatic imine (C=N–C) groups is 1. The molecule has 0 unspecified atom stereocenters. The molecule has 9 heteroatoms. The van der Waals surface area contributed by atoms with E-state index in [0.29, 0.717) is 36.4 Å². The molecule has 9 nitrogen and oxygen atoms in total. The second-order valence-electron chi connectivity index (χ2n) is 5.17. The van der Waals surface area contributed by atoms with E-state index in [0.717, 1.165) is 5.69 Å². The predicted molar refractivity (Wildman–Crippen MR) is 96.1 cm³/mol. The van der Waals surface area contributed by atoms with Crippen LogP contribution < -0.4 is 26.0 Å². The van der Waals surface area contributed by atoms with Crippen molar-refractivity contribution in [3.8, 4) is 5.75 Å². The van der Waals surface area contributed by atoms with Crippen LogP contribution in [0.4, 0.5) is 10.5 Å². The standard InChI is InChI=1S/C16H19N7O2/c1-11-21-14-9-15(17-2)23(11)20-10-19-16(24)18-6-7-25-13-5-3-4-12(8-13)22-14/h3-5,8-10,21-22H,1,6-7H2,2H3,(H2,18,19,20,24). The number of nitrogens with zero attached hydrogens (tertiary/aromatic N) is 3. The van der Waals surface area contributed by atoms with Crippen LogP contribution in [-0.2, 0) is 0 Å². The molecule has 0 atom stereocenters. The number of hydrazone groups is 1. The van der Waals surface area contributed by atoms with Gasteiger partial charge in [-0.1, -0.05) is 12.6 Å². The van der Waals surface area contributed by atoms with Crippen LogP contribution in [0, 0.1) is 0 Å². The van der Waals surface area contributed by atoms with Gasteiger partial charge in [-0.25, -0.2) is 4.79 Å². The van der Waals surface area contributed by atoms with Crippen molar-refractivity contribution in [3.05, 3.63) is 48.6 Å². The SMILES string of the molecule is C=C1NC2=CC(=NC)N1/N=C\NC(=O)NCCOc1cccc(c1)N2. The number of nitrogens with one attached hydrogen (secondary N) is 4. The molecule has 4 bridgehead atoms. The van der Waals surface area contributed by atoms with Crippen molar-refractivity contribution in [2.45, 2.75) is 0 Å². The largest absolute Gasteiger partial charge is 0.492 e. The molecule has 3 heterocycles. The Hall–Kier alpha value is -3.49. The first-order valence-electron chi connectivity index (χ1n) is 7.67. The molecule has 25 heavy (non-hydrogen) atoms. The van der Waals surface area contributed by atoms with E-state index in [-0.39, 0.29) is 6.03 Å². The van der Waals surface area contributed by atoms with Gasteiger partial charge >= 0.3 is 6.03 Å². The highest BCUT2D eigenvalue weighted by molar-refractivity contribution is 5.96. The molecule has 0 aliphatic carbocycles. The van der Waals surface area contributed by atoms with E-state index in [1.807, 2.05) is 24.3 Å². The van der Waals surface area contributed by atoms with Gasteiger partial charge in [0.15, 0.2) is 5.84 Å². The lowest BCUT2D eigenvalue weighted by molar-refractivity contribution is 0.241. The number of hydrogen-bond acceptors (Lipinski definition) is 6. The second-order valence-corrected chi connectivity index (χ2v) is 5.17. The lowest BCUT2D eigenvalue weighted by Crippen LogP contribution is -2.40. The molecule has 0 aromatic heterocycles. The summed E-state index contributed by atoms with van der Waals surface area (Å²) in [6.07, 6.45) is 3.06. The van der Waals surface area contributed by atoms with E-state index in [9.17, 15) is 4.79 Å². The Labute approximate surface area is 145 Å². The fourth-order valence-corrected chi connectivity index (χ4v) is 2.28. The Morgan fingerprint density at radius 1 is 1.36 bits per heavy atom. The van der Waals surface area contributed by atoms with Gasteiger partial charge in [0.05, 0.1) is 6.54 Å². The van der Waals surface area contributed by atoms with Crippen molar-refractivity contribution in [1.82, 2.24) is 21.0 Å². The van der Waals surface area contributed by atoms with Crippen LogP contribution >= 0.6 is 0 Å². The monoisotopic (exact) mass is 341 g/mol. The van der Waals surface area contributed by atoms with Crippen molar-refractivity contribution in [2.24, 2.45) is 10.1 Å². The number of benzene rings is 1. The molecular weight excluding hydrogens is 322 g/mol. The number of hydrogen-bond donors (Lipinski definition) is 4. The van der Waals surface area contributed by atoms with Crippen molar-refractivity contribution >= 4 is 23.9 Å². The van der Waals surface area contributed by atoms with E-state index < -0.39 is 0 Å². The number of urea groups is 1. The summed E-state index contributed by atoms with van der Waals surface area (Å²) in [5.41, 5.74) is 0.842. The van der Waals surface area contributed by atoms with Gasteiger partial charge in [-0.15, -0.1) is 0 Å². The van der Waals surface area contributed by atoms with Gasteiger partial charge in [0.2, 0.25) is 0 Å². The van der Waals surface area contributed by atoms with E-state index in [1.54, 1.807) is 13.1 Å². The first kappa shape index (κ1) is 16.4. The third-order valence-electron chi connectivity index (χ3n) is 3.39. The van der Waals surface area contributed by atoms with Gasteiger partial charge < -0.3 is 20.7 Å². The minimum Gasteiger partial charge on any atom is -0.492 e. The number of anilines is 1. The lowest BCUT2D eigenvalue weighted by Gasteiger charge is -2.28. The quantitative estimate of drug-likeness (QED) is 0.563. The Morgan fingerprint density at radius 3 is 3.08 bits per heavy atom. The summed E-state index contributed by atoms with van der Waals surface area (Å²) in [7, 11) is 1.65. The number of amidine groups is 1. The maximum Gasteiger partial charge on any atom is 0.320 e. The van der Waals surface area contributed by atoms with E-state index in [2.05, 4.69) is 37.9 Å². The van der Waals surface area contributed by atoms with Crippen molar-refractivity contribution in [1.29, 1.82) is 0 Å². The van der Waals surface area contributed by atoms with Crippen molar-refractivity contribution < 1.29 is 9.53 Å². The van der Waals surface area contributed by atoms with Crippen LogP contribution in [-0.4, -0.2) is 43.4 Å². The molecule has 0 saturated heterocycles. The molecule has 130 valence electrons. The molecule has 3 aliphatic heterocycles. The summed E-state index contributed by atoms with van der Waals surface area (Å²) >= 11 is 0. The normalized spacial score (nSPS) is 20.6. The van der Waals surface area contributed by atoms with Crippen LogP contribution in [0.15, 0.2) is 58.7 Å². The summed E-state index contributed by atoms with van der Waals surface area (Å²) in [6.45, 7) is 4.65. The third-order valence-corrected chi connectivity index (χ3v) is 3.39. The topological polar surface area (TPSA) is 102 Å². The fraction of sp³-hybridized carbons (Fsp3) is 0.188. The molecule has 1 aromatic carbocycles. The Balaban J connectivity index is 1.92. The smallest absolute Gasteiger partial charge is 0.320 e. The summed E-state index contributed by atoms with van der Waals surface area (Å²) in [6, 6.07) is 7.13. The van der Waals surface area contributed by atoms with Gasteiger partial charge in [-0.2, -0.15) is 10.1 Å². The predicted octanol–water partition coefficient (Wildman–Crippen LogP) is 0.979. The number of amides is 2. The molecule has 4 rings (SSSR count). The molecule has 4 N–H and O–H groups in total. The van der Waals surface area contributed by atoms with Crippen LogP contribution in [0.25, 0.3) is 0 Å². The first-order valence-corrected chi connectivity index (χ1v) is 7.67. The van der Waals surface area contributed by atoms with E-state index >= 15 is 0 Å². The zero-order valence-electron chi connectivity index (χ0n) is 13.7. The molecule has 0 saturated carbocycles. The molecule has 1 aromatic rings. The highest BCUT2D eigenvalue weighted by atomic mass is 16.5. The zero-order chi connectivity index (χ0) is 17.6. The fourth-order valence-electron chi connectivity index (χ4n) is 2.28. The Kier molecular flexibility index (Phi) is 4.84. The third kappa shape index (κ3) is 4.08. The number of carbonyl (C=O) groups excluding carboxylic acids is 1. The highest BCUT2D eigenvalue weighted by Crippen LogP contribution is 2.20. The summed E-state index contributed by atoms with van der Waals surface area (Å²) < 4.78 is 5.63. The average molecular weight is 341 g/mol. The van der Waals surface area contributed by atoms with Crippen LogP contribution in [0.3, 0.4) is 0 Å². The molecule has 2 amide bonds.